The molecule has 1 N–H and O–H groups in total. The number of aliphatic carboxylic acids is 1. The molecular weight excluding hydrogens is 261 g/mol. The number of hydrogen-bond acceptors (Lipinski definition) is 3. The first-order chi connectivity index (χ1) is 8.14. The Morgan fingerprint density at radius 3 is 2.39 bits per heavy atom. The van der Waals surface area contributed by atoms with Crippen LogP contribution in [0, 0.1) is 5.82 Å². The third-order valence-electron chi connectivity index (χ3n) is 2.68. The lowest BCUT2D eigenvalue weighted by molar-refractivity contribution is -0.138. The molecule has 0 aliphatic carbocycles. The van der Waals surface area contributed by atoms with Gasteiger partial charge in [0.15, 0.2) is 0 Å². The van der Waals surface area contributed by atoms with Crippen LogP contribution in [0.3, 0.4) is 0 Å². The Bertz CT molecular complexity index is 570. The summed E-state index contributed by atoms with van der Waals surface area (Å²) in [6, 6.07) is 3.69. The number of anilines is 1. The van der Waals surface area contributed by atoms with Gasteiger partial charge in [0.05, 0.1) is 17.9 Å². The average molecular weight is 275 g/mol. The van der Waals surface area contributed by atoms with Crippen molar-refractivity contribution in [3.05, 3.63) is 29.6 Å². The van der Waals surface area contributed by atoms with Crippen molar-refractivity contribution in [1.29, 1.82) is 0 Å². The van der Waals surface area contributed by atoms with E-state index >= 15 is 0 Å². The third-order valence-corrected chi connectivity index (χ3v) is 3.87. The minimum Gasteiger partial charge on any atom is -0.481 e. The molecule has 1 atom stereocenters. The SMILES string of the molecule is CC(C(=O)O)c1ccc(N(C)S(C)(=O)=O)c(F)c1. The van der Waals surface area contributed by atoms with Crippen LogP contribution in [0.15, 0.2) is 18.2 Å². The van der Waals surface area contributed by atoms with Crippen molar-refractivity contribution in [3.8, 4) is 0 Å². The Morgan fingerprint density at radius 2 is 2.00 bits per heavy atom. The van der Waals surface area contributed by atoms with Crippen LogP contribution in [0.5, 0.6) is 0 Å². The molecule has 0 spiro atoms. The second-order valence-corrected chi connectivity index (χ2v) is 6.02. The molecule has 18 heavy (non-hydrogen) atoms. The van der Waals surface area contributed by atoms with Gasteiger partial charge in [-0.1, -0.05) is 6.07 Å². The first-order valence-electron chi connectivity index (χ1n) is 5.10. The van der Waals surface area contributed by atoms with Crippen molar-refractivity contribution < 1.29 is 22.7 Å². The number of benzene rings is 1. The van der Waals surface area contributed by atoms with E-state index in [1.165, 1.54) is 26.1 Å². The second kappa shape index (κ2) is 4.93. The van der Waals surface area contributed by atoms with E-state index in [0.29, 0.717) is 0 Å². The van der Waals surface area contributed by atoms with Gasteiger partial charge in [0.2, 0.25) is 10.0 Å². The molecule has 0 bridgehead atoms. The van der Waals surface area contributed by atoms with Crippen LogP contribution >= 0.6 is 0 Å². The summed E-state index contributed by atoms with van der Waals surface area (Å²) in [5.74, 6) is -2.69. The normalized spacial score (nSPS) is 13.1. The molecule has 0 aromatic heterocycles. The minimum atomic E-state index is -3.55. The van der Waals surface area contributed by atoms with Crippen LogP contribution < -0.4 is 4.31 Å². The number of nitrogens with zero attached hydrogens (tertiary/aromatic N) is 1. The maximum absolute atomic E-state index is 13.8. The number of halogens is 1. The monoisotopic (exact) mass is 275 g/mol. The standard InChI is InChI=1S/C11H14FNO4S/c1-7(11(14)15)8-4-5-10(9(12)6-8)13(2)18(3,16)17/h4-7H,1-3H3,(H,14,15). The number of sulfonamides is 1. The molecule has 0 saturated heterocycles. The van der Waals surface area contributed by atoms with E-state index in [2.05, 4.69) is 0 Å². The van der Waals surface area contributed by atoms with Gasteiger partial charge in [-0.25, -0.2) is 12.8 Å². The molecule has 1 unspecified atom stereocenters. The number of rotatable bonds is 4. The molecule has 0 amide bonds. The lowest BCUT2D eigenvalue weighted by atomic mass is 10.0. The Labute approximate surface area is 105 Å². The van der Waals surface area contributed by atoms with Gasteiger partial charge < -0.3 is 5.11 Å². The van der Waals surface area contributed by atoms with E-state index in [0.717, 1.165) is 16.6 Å². The van der Waals surface area contributed by atoms with Crippen molar-refractivity contribution >= 4 is 21.7 Å². The largest absolute Gasteiger partial charge is 0.481 e. The molecule has 0 saturated carbocycles. The molecule has 0 fully saturated rings. The predicted molar refractivity (Wildman–Crippen MR) is 65.7 cm³/mol. The zero-order chi connectivity index (χ0) is 14.1. The fourth-order valence-electron chi connectivity index (χ4n) is 1.37. The van der Waals surface area contributed by atoms with Crippen molar-refractivity contribution in [2.24, 2.45) is 0 Å². The van der Waals surface area contributed by atoms with E-state index in [1.54, 1.807) is 0 Å². The van der Waals surface area contributed by atoms with Gasteiger partial charge in [-0.2, -0.15) is 0 Å². The predicted octanol–water partition coefficient (Wildman–Crippen LogP) is 1.41. The maximum atomic E-state index is 13.8. The molecule has 1 aromatic carbocycles. The van der Waals surface area contributed by atoms with Crippen LogP contribution in [0.25, 0.3) is 0 Å². The van der Waals surface area contributed by atoms with Crippen LogP contribution in [0.2, 0.25) is 0 Å². The zero-order valence-electron chi connectivity index (χ0n) is 10.2. The lowest BCUT2D eigenvalue weighted by Crippen LogP contribution is -2.25. The first-order valence-corrected chi connectivity index (χ1v) is 6.95. The quantitative estimate of drug-likeness (QED) is 0.901. The molecule has 1 aromatic rings. The Morgan fingerprint density at radius 1 is 1.44 bits per heavy atom. The summed E-state index contributed by atoms with van der Waals surface area (Å²) in [7, 11) is -2.32. The summed E-state index contributed by atoms with van der Waals surface area (Å²) in [6.07, 6.45) is 0.959. The summed E-state index contributed by atoms with van der Waals surface area (Å²) >= 11 is 0. The van der Waals surface area contributed by atoms with E-state index < -0.39 is 27.7 Å². The van der Waals surface area contributed by atoms with Gasteiger partial charge in [-0.3, -0.25) is 9.10 Å². The van der Waals surface area contributed by atoms with Crippen LogP contribution in [-0.4, -0.2) is 32.8 Å². The fraction of sp³-hybridized carbons (Fsp3) is 0.364. The van der Waals surface area contributed by atoms with Crippen LogP contribution in [-0.2, 0) is 14.8 Å². The zero-order valence-corrected chi connectivity index (χ0v) is 11.0. The molecule has 0 aliphatic rings. The van der Waals surface area contributed by atoms with Crippen LogP contribution in [0.1, 0.15) is 18.4 Å². The second-order valence-electron chi connectivity index (χ2n) is 4.00. The van der Waals surface area contributed by atoms with E-state index in [9.17, 15) is 17.6 Å². The topological polar surface area (TPSA) is 74.7 Å². The number of carboxylic acid groups (broad SMARTS) is 1. The fourth-order valence-corrected chi connectivity index (χ4v) is 1.87. The Balaban J connectivity index is 3.19. The summed E-state index contributed by atoms with van der Waals surface area (Å²) in [4.78, 5) is 10.8. The molecule has 5 nitrogen and oxygen atoms in total. The van der Waals surface area contributed by atoms with Gasteiger partial charge in [-0.05, 0) is 24.6 Å². The Kier molecular flexibility index (Phi) is 3.95. The third kappa shape index (κ3) is 2.98. The van der Waals surface area contributed by atoms with Crippen LogP contribution in [0.4, 0.5) is 10.1 Å². The van der Waals surface area contributed by atoms with E-state index in [1.807, 2.05) is 0 Å². The molecule has 1 rings (SSSR count). The lowest BCUT2D eigenvalue weighted by Gasteiger charge is -2.18. The van der Waals surface area contributed by atoms with E-state index in [4.69, 9.17) is 5.11 Å². The summed E-state index contributed by atoms with van der Waals surface area (Å²) in [6.45, 7) is 1.43. The number of hydrogen-bond donors (Lipinski definition) is 1. The Hall–Kier alpha value is -1.63. The number of carbonyl (C=O) groups is 1. The molecular formula is C11H14FNO4S. The van der Waals surface area contributed by atoms with Crippen molar-refractivity contribution in [2.75, 3.05) is 17.6 Å². The summed E-state index contributed by atoms with van der Waals surface area (Å²) in [5, 5.41) is 8.81. The van der Waals surface area contributed by atoms with Gasteiger partial charge in [0.25, 0.3) is 0 Å². The minimum absolute atomic E-state index is 0.112. The van der Waals surface area contributed by atoms with Crippen molar-refractivity contribution in [1.82, 2.24) is 0 Å². The highest BCUT2D eigenvalue weighted by Crippen LogP contribution is 2.25. The van der Waals surface area contributed by atoms with Gasteiger partial charge >= 0.3 is 5.97 Å². The van der Waals surface area contributed by atoms with E-state index in [-0.39, 0.29) is 11.3 Å². The van der Waals surface area contributed by atoms with Gasteiger partial charge in [0, 0.05) is 7.05 Å². The highest BCUT2D eigenvalue weighted by atomic mass is 32.2. The van der Waals surface area contributed by atoms with Gasteiger partial charge in [-0.15, -0.1) is 0 Å². The maximum Gasteiger partial charge on any atom is 0.310 e. The highest BCUT2D eigenvalue weighted by Gasteiger charge is 2.19. The van der Waals surface area contributed by atoms with Crippen molar-refractivity contribution in [3.63, 3.8) is 0 Å². The summed E-state index contributed by atoms with van der Waals surface area (Å²) < 4.78 is 37.1. The smallest absolute Gasteiger partial charge is 0.310 e. The van der Waals surface area contributed by atoms with Gasteiger partial charge in [0.1, 0.15) is 5.82 Å². The molecule has 7 heteroatoms. The highest BCUT2D eigenvalue weighted by molar-refractivity contribution is 7.92. The first kappa shape index (κ1) is 14.4. The van der Waals surface area contributed by atoms with Crippen molar-refractivity contribution in [2.45, 2.75) is 12.8 Å². The summed E-state index contributed by atoms with van der Waals surface area (Å²) in [5.41, 5.74) is 0.171. The molecule has 0 heterocycles. The molecule has 0 aliphatic heterocycles. The average Bonchev–Trinajstić information content (AvgIpc) is 2.25. The number of carboxylic acids is 1. The molecule has 0 radical (unpaired) electrons. The molecule has 100 valence electrons.